The molecule has 37 heavy (non-hydrogen) atoms. The molecule has 1 rings (SSSR count). The number of quaternary nitrogens is 1. The zero-order chi connectivity index (χ0) is 28.2. The van der Waals surface area contributed by atoms with Crippen LogP contribution in [-0.4, -0.2) is 103 Å². The Morgan fingerprint density at radius 3 is 1.81 bits per heavy atom. The van der Waals surface area contributed by atoms with Crippen LogP contribution in [0.25, 0.3) is 0 Å². The van der Waals surface area contributed by atoms with Crippen LogP contribution in [0, 0.1) is 0 Å². The van der Waals surface area contributed by atoms with Gasteiger partial charge in [-0.2, -0.15) is 4.99 Å². The monoisotopic (exact) mass is 541 g/mol. The van der Waals surface area contributed by atoms with E-state index in [4.69, 9.17) is 5.73 Å². The molecule has 0 aliphatic heterocycles. The standard InChI is InChI=1S/C22H28N4O10S/c23-5-6-24-16(7-17(27)28)22(8-18(29)30,9-19(31)32)26(11-20(33)34,12-21(35)36)10-14-1-3-15(4-2-14)25-13-37/h1-4,16,24H,5-12,23H2,(H4-,27,28,29,30,31,32,33,34,35,36)/p+1/t16-/m0/s1. The van der Waals surface area contributed by atoms with Crippen LogP contribution in [0.2, 0.25) is 0 Å². The number of hydrogen-bond donors (Lipinski definition) is 7. The Kier molecular flexibility index (Phi) is 11.9. The lowest BCUT2D eigenvalue weighted by atomic mass is 9.76. The Morgan fingerprint density at radius 2 is 1.43 bits per heavy atom. The number of carbonyl (C=O) groups is 5. The largest absolute Gasteiger partial charge is 0.481 e. The first-order chi connectivity index (χ1) is 17.3. The molecule has 0 aliphatic carbocycles. The number of rotatable bonds is 18. The summed E-state index contributed by atoms with van der Waals surface area (Å²) in [5.74, 6) is -7.68. The average molecular weight is 542 g/mol. The highest BCUT2D eigenvalue weighted by Crippen LogP contribution is 2.40. The molecule has 8 N–H and O–H groups in total. The SMILES string of the molecule is NCCN[C@@H](CC(=O)O)C(CC(=O)O)(CC(=O)O)[N+](CC(=O)O)(CC(=O)O)Cc1ccc(N=C=S)cc1. The van der Waals surface area contributed by atoms with Gasteiger partial charge in [0.25, 0.3) is 0 Å². The minimum Gasteiger partial charge on any atom is -0.481 e. The van der Waals surface area contributed by atoms with Gasteiger partial charge in [-0.3, -0.25) is 18.9 Å². The van der Waals surface area contributed by atoms with Gasteiger partial charge in [0.1, 0.15) is 24.9 Å². The Balaban J connectivity index is 4.08. The van der Waals surface area contributed by atoms with Crippen LogP contribution in [0.5, 0.6) is 0 Å². The van der Waals surface area contributed by atoms with E-state index < -0.39 is 84.8 Å². The Labute approximate surface area is 216 Å². The first-order valence-electron chi connectivity index (χ1n) is 10.9. The number of nitrogens with one attached hydrogen (secondary N) is 1. The lowest BCUT2D eigenvalue weighted by Crippen LogP contribution is -2.75. The van der Waals surface area contributed by atoms with Crippen molar-refractivity contribution >= 4 is 52.9 Å². The van der Waals surface area contributed by atoms with E-state index in [-0.39, 0.29) is 13.1 Å². The highest BCUT2D eigenvalue weighted by Gasteiger charge is 2.60. The van der Waals surface area contributed by atoms with E-state index in [1.54, 1.807) is 0 Å². The zero-order valence-electron chi connectivity index (χ0n) is 19.7. The molecule has 0 aliphatic rings. The predicted molar refractivity (Wildman–Crippen MR) is 130 cm³/mol. The van der Waals surface area contributed by atoms with Gasteiger partial charge >= 0.3 is 29.8 Å². The predicted octanol–water partition coefficient (Wildman–Crippen LogP) is -0.0133. The van der Waals surface area contributed by atoms with Crippen LogP contribution < -0.4 is 11.1 Å². The molecule has 202 valence electrons. The van der Waals surface area contributed by atoms with Crippen molar-refractivity contribution in [2.75, 3.05) is 26.2 Å². The summed E-state index contributed by atoms with van der Waals surface area (Å²) in [5, 5.41) is 53.8. The first-order valence-corrected chi connectivity index (χ1v) is 11.3. The van der Waals surface area contributed by atoms with Crippen molar-refractivity contribution in [3.8, 4) is 0 Å². The van der Waals surface area contributed by atoms with Gasteiger partial charge in [-0.1, -0.05) is 12.1 Å². The van der Waals surface area contributed by atoms with E-state index in [0.717, 1.165) is 0 Å². The lowest BCUT2D eigenvalue weighted by Gasteiger charge is -2.54. The molecule has 0 spiro atoms. The van der Waals surface area contributed by atoms with Crippen molar-refractivity contribution in [2.24, 2.45) is 10.7 Å². The van der Waals surface area contributed by atoms with Gasteiger partial charge < -0.3 is 36.6 Å². The number of hydrogen-bond acceptors (Lipinski definition) is 9. The molecule has 1 atom stereocenters. The van der Waals surface area contributed by atoms with Crippen LogP contribution in [0.15, 0.2) is 29.3 Å². The van der Waals surface area contributed by atoms with Gasteiger partial charge in [-0.15, -0.1) is 0 Å². The van der Waals surface area contributed by atoms with Gasteiger partial charge in [0.15, 0.2) is 13.1 Å². The number of aliphatic imine (C=N–C) groups is 1. The van der Waals surface area contributed by atoms with Crippen molar-refractivity contribution in [3.63, 3.8) is 0 Å². The van der Waals surface area contributed by atoms with Gasteiger partial charge in [0.05, 0.1) is 23.3 Å². The normalized spacial score (nSPS) is 12.2. The topological polar surface area (TPSA) is 237 Å². The van der Waals surface area contributed by atoms with Crippen molar-refractivity contribution in [1.82, 2.24) is 5.32 Å². The molecule has 0 amide bonds. The van der Waals surface area contributed by atoms with Gasteiger partial charge in [0.2, 0.25) is 0 Å². The Hall–Kier alpha value is -3.75. The number of carboxylic acid groups (broad SMARTS) is 5. The summed E-state index contributed by atoms with van der Waals surface area (Å²) in [6.07, 6.45) is -2.94. The Morgan fingerprint density at radius 1 is 0.919 bits per heavy atom. The van der Waals surface area contributed by atoms with E-state index >= 15 is 0 Å². The lowest BCUT2D eigenvalue weighted by molar-refractivity contribution is -0.977. The number of nitrogens with zero attached hydrogens (tertiary/aromatic N) is 2. The Bertz CT molecular complexity index is 1020. The summed E-state index contributed by atoms with van der Waals surface area (Å²) in [5.41, 5.74) is 3.97. The summed E-state index contributed by atoms with van der Waals surface area (Å²) in [4.78, 5) is 64.0. The van der Waals surface area contributed by atoms with Crippen LogP contribution in [0.3, 0.4) is 0 Å². The van der Waals surface area contributed by atoms with Crippen LogP contribution in [-0.2, 0) is 30.5 Å². The summed E-state index contributed by atoms with van der Waals surface area (Å²) >= 11 is 4.55. The maximum Gasteiger partial charge on any atom is 0.359 e. The molecule has 15 heteroatoms. The van der Waals surface area contributed by atoms with Gasteiger partial charge in [-0.05, 0) is 24.4 Å². The third kappa shape index (κ3) is 9.00. The summed E-state index contributed by atoms with van der Waals surface area (Å²) in [6.45, 7) is -2.63. The number of thiocarbonyl (C=S) groups is 1. The molecule has 0 saturated heterocycles. The highest BCUT2D eigenvalue weighted by molar-refractivity contribution is 7.78. The molecule has 0 bridgehead atoms. The smallest absolute Gasteiger partial charge is 0.359 e. The number of nitrogens with two attached hydrogens (primary N) is 1. The first kappa shape index (κ1) is 31.3. The number of aliphatic carboxylic acids is 5. The molecule has 0 fully saturated rings. The van der Waals surface area contributed by atoms with E-state index in [9.17, 15) is 49.5 Å². The summed E-state index contributed by atoms with van der Waals surface area (Å²) in [6, 6.07) is 4.39. The van der Waals surface area contributed by atoms with Crippen molar-refractivity contribution in [1.29, 1.82) is 0 Å². The molecule has 1 aromatic rings. The number of carboxylic acids is 5. The fourth-order valence-corrected chi connectivity index (χ4v) is 4.72. The van der Waals surface area contributed by atoms with Gasteiger partial charge in [-0.25, -0.2) is 9.59 Å². The van der Waals surface area contributed by atoms with E-state index in [1.165, 1.54) is 24.3 Å². The van der Waals surface area contributed by atoms with Crippen molar-refractivity contribution in [3.05, 3.63) is 29.8 Å². The third-order valence-electron chi connectivity index (χ3n) is 5.89. The molecular weight excluding hydrogens is 512 g/mol. The molecule has 0 radical (unpaired) electrons. The average Bonchev–Trinajstić information content (AvgIpc) is 2.75. The molecule has 0 unspecified atom stereocenters. The number of isothiocyanates is 1. The number of benzene rings is 1. The van der Waals surface area contributed by atoms with Crippen LogP contribution >= 0.6 is 12.2 Å². The molecule has 0 heterocycles. The quantitative estimate of drug-likeness (QED) is 0.0736. The zero-order valence-corrected chi connectivity index (χ0v) is 20.5. The van der Waals surface area contributed by atoms with E-state index in [1.807, 2.05) is 0 Å². The minimum absolute atomic E-state index is 0.0495. The molecular formula is C22H29N4O10S+. The minimum atomic E-state index is -2.26. The second-order valence-electron chi connectivity index (χ2n) is 8.41. The second kappa shape index (κ2) is 14.1. The second-order valence-corrected chi connectivity index (χ2v) is 8.60. The maximum atomic E-state index is 12.1. The maximum absolute atomic E-state index is 12.1. The van der Waals surface area contributed by atoms with Gasteiger partial charge in [0, 0.05) is 18.7 Å². The molecule has 1 aromatic carbocycles. The highest BCUT2D eigenvalue weighted by atomic mass is 32.1. The third-order valence-corrected chi connectivity index (χ3v) is 5.99. The molecule has 0 aromatic heterocycles. The fourth-order valence-electron chi connectivity index (χ4n) is 4.62. The van der Waals surface area contributed by atoms with Crippen LogP contribution in [0.4, 0.5) is 5.69 Å². The van der Waals surface area contributed by atoms with Crippen molar-refractivity contribution in [2.45, 2.75) is 37.4 Å². The van der Waals surface area contributed by atoms with Crippen molar-refractivity contribution < 1.29 is 54.0 Å². The fraction of sp³-hybridized carbons (Fsp3) is 0.455. The molecule has 0 saturated carbocycles. The summed E-state index contributed by atoms with van der Waals surface area (Å²) in [7, 11) is 0. The molecule has 14 nitrogen and oxygen atoms in total. The van der Waals surface area contributed by atoms with E-state index in [2.05, 4.69) is 27.7 Å². The van der Waals surface area contributed by atoms with E-state index in [0.29, 0.717) is 11.3 Å². The van der Waals surface area contributed by atoms with Crippen LogP contribution in [0.1, 0.15) is 24.8 Å². The summed E-state index contributed by atoms with van der Waals surface area (Å²) < 4.78 is -1.12.